The molecule has 0 aliphatic heterocycles. The molecule has 1 aliphatic carbocycles. The van der Waals surface area contributed by atoms with E-state index in [-0.39, 0.29) is 18.5 Å². The highest BCUT2D eigenvalue weighted by atomic mass is 19.3. The van der Waals surface area contributed by atoms with Gasteiger partial charge in [0.2, 0.25) is 0 Å². The predicted octanol–water partition coefficient (Wildman–Crippen LogP) is 1.79. The van der Waals surface area contributed by atoms with Crippen molar-refractivity contribution in [1.82, 2.24) is 14.9 Å². The minimum atomic E-state index is -2.55. The average Bonchev–Trinajstić information content (AvgIpc) is 2.69. The van der Waals surface area contributed by atoms with Crippen LogP contribution in [0.5, 0.6) is 0 Å². The Balaban J connectivity index is 1.74. The Morgan fingerprint density at radius 3 is 3.00 bits per heavy atom. The minimum absolute atomic E-state index is 0.161. The van der Waals surface area contributed by atoms with Gasteiger partial charge in [-0.1, -0.05) is 0 Å². The van der Waals surface area contributed by atoms with Crippen molar-refractivity contribution in [2.24, 2.45) is 5.92 Å². The van der Waals surface area contributed by atoms with Gasteiger partial charge < -0.3 is 10.1 Å². The van der Waals surface area contributed by atoms with Gasteiger partial charge in [0.05, 0.1) is 6.10 Å². The number of nitrogens with zero attached hydrogens (tertiary/aromatic N) is 2. The number of nitrogens with one attached hydrogen (secondary N) is 1. The Hall–Kier alpha value is -1.01. The first-order valence-electron chi connectivity index (χ1n) is 5.76. The molecule has 4 nitrogen and oxygen atoms in total. The molecule has 1 aromatic rings. The van der Waals surface area contributed by atoms with Crippen LogP contribution in [0.1, 0.15) is 25.2 Å². The molecule has 0 amide bonds. The van der Waals surface area contributed by atoms with E-state index < -0.39 is 6.55 Å². The zero-order chi connectivity index (χ0) is 12.3. The number of hydrogen-bond acceptors (Lipinski definition) is 3. The maximum Gasteiger partial charge on any atom is 0.320 e. The van der Waals surface area contributed by atoms with Crippen molar-refractivity contribution in [3.05, 3.63) is 18.2 Å². The molecule has 0 bridgehead atoms. The van der Waals surface area contributed by atoms with Crippen molar-refractivity contribution >= 4 is 0 Å². The molecule has 0 aromatic carbocycles. The molecular formula is C11H17F2N3O. The molecule has 6 heteroatoms. The van der Waals surface area contributed by atoms with Crippen LogP contribution in [0.25, 0.3) is 0 Å². The Kier molecular flexibility index (Phi) is 4.06. The fraction of sp³-hybridized carbons (Fsp3) is 0.727. The molecular weight excluding hydrogens is 228 g/mol. The molecule has 1 aliphatic rings. The predicted molar refractivity (Wildman–Crippen MR) is 58.7 cm³/mol. The zero-order valence-corrected chi connectivity index (χ0v) is 9.77. The summed E-state index contributed by atoms with van der Waals surface area (Å²) in [6, 6.07) is 0. The lowest BCUT2D eigenvalue weighted by Gasteiger charge is -2.34. The van der Waals surface area contributed by atoms with Crippen LogP contribution in [-0.2, 0) is 11.3 Å². The third-order valence-corrected chi connectivity index (χ3v) is 3.09. The van der Waals surface area contributed by atoms with Crippen LogP contribution in [-0.4, -0.2) is 29.2 Å². The zero-order valence-electron chi connectivity index (χ0n) is 9.77. The fourth-order valence-corrected chi connectivity index (χ4v) is 2.09. The third kappa shape index (κ3) is 3.01. The Bertz CT molecular complexity index is 350. The monoisotopic (exact) mass is 245 g/mol. The molecule has 1 heterocycles. The van der Waals surface area contributed by atoms with Crippen LogP contribution in [0.15, 0.2) is 12.4 Å². The second-order valence-electron chi connectivity index (χ2n) is 4.36. The van der Waals surface area contributed by atoms with E-state index in [0.29, 0.717) is 5.92 Å². The van der Waals surface area contributed by atoms with Gasteiger partial charge in [-0.2, -0.15) is 8.78 Å². The first-order chi connectivity index (χ1) is 8.20. The van der Waals surface area contributed by atoms with Crippen LogP contribution >= 0.6 is 0 Å². The van der Waals surface area contributed by atoms with Crippen molar-refractivity contribution in [2.75, 3.05) is 13.6 Å². The maximum atomic E-state index is 12.5. The molecule has 0 spiro atoms. The highest BCUT2D eigenvalue weighted by Crippen LogP contribution is 2.30. The third-order valence-electron chi connectivity index (χ3n) is 3.09. The lowest BCUT2D eigenvalue weighted by Crippen LogP contribution is -2.36. The molecule has 0 atom stereocenters. The molecule has 1 saturated carbocycles. The summed E-state index contributed by atoms with van der Waals surface area (Å²) in [6.45, 7) is -1.39. The SMILES string of the molecule is CNCC1CC(OCc2nccn2C(F)F)C1. The number of imidazole rings is 1. The summed E-state index contributed by atoms with van der Waals surface area (Å²) in [5, 5.41) is 3.11. The van der Waals surface area contributed by atoms with Crippen LogP contribution in [0.3, 0.4) is 0 Å². The average molecular weight is 245 g/mol. The van der Waals surface area contributed by atoms with Crippen LogP contribution in [0.2, 0.25) is 0 Å². The number of halogens is 2. The van der Waals surface area contributed by atoms with Gasteiger partial charge in [0.25, 0.3) is 0 Å². The van der Waals surface area contributed by atoms with Crippen molar-refractivity contribution in [3.63, 3.8) is 0 Å². The Morgan fingerprint density at radius 2 is 2.35 bits per heavy atom. The summed E-state index contributed by atoms with van der Waals surface area (Å²) in [7, 11) is 1.92. The van der Waals surface area contributed by atoms with Gasteiger partial charge in [0, 0.05) is 12.4 Å². The fourth-order valence-electron chi connectivity index (χ4n) is 2.09. The van der Waals surface area contributed by atoms with Crippen molar-refractivity contribution < 1.29 is 13.5 Å². The summed E-state index contributed by atoms with van der Waals surface area (Å²) in [6.07, 6.45) is 4.83. The molecule has 1 aromatic heterocycles. The molecule has 2 rings (SSSR count). The smallest absolute Gasteiger partial charge is 0.320 e. The minimum Gasteiger partial charge on any atom is -0.370 e. The van der Waals surface area contributed by atoms with E-state index in [9.17, 15) is 8.78 Å². The first kappa shape index (κ1) is 12.4. The van der Waals surface area contributed by atoms with Gasteiger partial charge in [0.15, 0.2) is 0 Å². The summed E-state index contributed by atoms with van der Waals surface area (Å²) in [5.41, 5.74) is 0. The van der Waals surface area contributed by atoms with Crippen LogP contribution in [0, 0.1) is 5.92 Å². The van der Waals surface area contributed by atoms with Gasteiger partial charge in [-0.25, -0.2) is 4.98 Å². The standard InChI is InChI=1S/C11H17F2N3O/c1-14-6-8-4-9(5-8)17-7-10-15-2-3-16(10)11(12)13/h2-3,8-9,11,14H,4-7H2,1H3. The Labute approximate surface area is 99.0 Å². The van der Waals surface area contributed by atoms with Gasteiger partial charge in [-0.3, -0.25) is 4.57 Å². The normalized spacial score (nSPS) is 24.0. The second-order valence-corrected chi connectivity index (χ2v) is 4.36. The lowest BCUT2D eigenvalue weighted by molar-refractivity contribution is -0.0461. The van der Waals surface area contributed by atoms with E-state index >= 15 is 0 Å². The van der Waals surface area contributed by atoms with Crippen LogP contribution in [0.4, 0.5) is 8.78 Å². The van der Waals surface area contributed by atoms with Crippen molar-refractivity contribution in [2.45, 2.75) is 32.1 Å². The highest BCUT2D eigenvalue weighted by molar-refractivity contribution is 4.91. The quantitative estimate of drug-likeness (QED) is 0.830. The first-order valence-corrected chi connectivity index (χ1v) is 5.76. The molecule has 1 N–H and O–H groups in total. The molecule has 0 radical (unpaired) electrons. The summed E-state index contributed by atoms with van der Waals surface area (Å²) in [4.78, 5) is 3.87. The molecule has 17 heavy (non-hydrogen) atoms. The molecule has 96 valence electrons. The number of alkyl halides is 2. The second kappa shape index (κ2) is 5.55. The van der Waals surface area contributed by atoms with Crippen molar-refractivity contribution in [1.29, 1.82) is 0 Å². The number of rotatable bonds is 6. The Morgan fingerprint density at radius 1 is 1.59 bits per heavy atom. The van der Waals surface area contributed by atoms with E-state index in [4.69, 9.17) is 4.74 Å². The van der Waals surface area contributed by atoms with E-state index in [1.807, 2.05) is 7.05 Å². The van der Waals surface area contributed by atoms with Gasteiger partial charge in [-0.15, -0.1) is 0 Å². The number of ether oxygens (including phenoxy) is 1. The van der Waals surface area contributed by atoms with E-state index in [1.165, 1.54) is 12.4 Å². The molecule has 0 saturated heterocycles. The summed E-state index contributed by atoms with van der Waals surface area (Å²) >= 11 is 0. The van der Waals surface area contributed by atoms with E-state index in [0.717, 1.165) is 24.0 Å². The van der Waals surface area contributed by atoms with Crippen LogP contribution < -0.4 is 5.32 Å². The summed E-state index contributed by atoms with van der Waals surface area (Å²) < 4.78 is 31.4. The van der Waals surface area contributed by atoms with Gasteiger partial charge >= 0.3 is 6.55 Å². The molecule has 1 fully saturated rings. The topological polar surface area (TPSA) is 39.1 Å². The highest BCUT2D eigenvalue weighted by Gasteiger charge is 2.29. The maximum absolute atomic E-state index is 12.5. The number of aromatic nitrogens is 2. The number of hydrogen-bond donors (Lipinski definition) is 1. The largest absolute Gasteiger partial charge is 0.370 e. The van der Waals surface area contributed by atoms with Crippen molar-refractivity contribution in [3.8, 4) is 0 Å². The lowest BCUT2D eigenvalue weighted by atomic mass is 9.82. The van der Waals surface area contributed by atoms with Gasteiger partial charge in [0.1, 0.15) is 12.4 Å². The van der Waals surface area contributed by atoms with Gasteiger partial charge in [-0.05, 0) is 32.4 Å². The molecule has 0 unspecified atom stereocenters. The summed E-state index contributed by atoms with van der Waals surface area (Å²) in [5.74, 6) is 0.942. The van der Waals surface area contributed by atoms with E-state index in [1.54, 1.807) is 0 Å². The van der Waals surface area contributed by atoms with E-state index in [2.05, 4.69) is 10.3 Å².